The van der Waals surface area contributed by atoms with Crippen molar-refractivity contribution in [3.05, 3.63) is 47.4 Å². The number of hydrogen-bond donors (Lipinski definition) is 2. The monoisotopic (exact) mass is 326 g/mol. The number of amides is 1. The van der Waals surface area contributed by atoms with Crippen LogP contribution in [0.4, 0.5) is 11.5 Å². The lowest BCUT2D eigenvalue weighted by Crippen LogP contribution is -2.25. The van der Waals surface area contributed by atoms with Gasteiger partial charge in [-0.25, -0.2) is 9.97 Å². The standard InChI is InChI=1S/C19H26N4O/c1-4-6-7-11-20-19(24)16-12-22-17(13-21-16)23-18-14(3)9-8-10-15(18)5-2/h8-10,12-13H,4-7,11H2,1-3H3,(H,20,24)(H,22,23). The molecule has 0 spiro atoms. The van der Waals surface area contributed by atoms with E-state index in [0.29, 0.717) is 18.1 Å². The second kappa shape index (κ2) is 9.01. The van der Waals surface area contributed by atoms with Crippen molar-refractivity contribution in [3.8, 4) is 0 Å². The number of benzene rings is 1. The molecular formula is C19H26N4O. The maximum Gasteiger partial charge on any atom is 0.271 e. The zero-order chi connectivity index (χ0) is 17.4. The van der Waals surface area contributed by atoms with E-state index >= 15 is 0 Å². The van der Waals surface area contributed by atoms with E-state index in [2.05, 4.69) is 59.6 Å². The predicted molar refractivity (Wildman–Crippen MR) is 97.7 cm³/mol. The first-order valence-corrected chi connectivity index (χ1v) is 8.61. The number of nitrogens with zero attached hydrogens (tertiary/aromatic N) is 2. The molecule has 2 N–H and O–H groups in total. The smallest absolute Gasteiger partial charge is 0.271 e. The lowest BCUT2D eigenvalue weighted by molar-refractivity contribution is 0.0947. The zero-order valence-electron chi connectivity index (χ0n) is 14.7. The molecule has 0 aliphatic heterocycles. The molecule has 0 aliphatic rings. The lowest BCUT2D eigenvalue weighted by Gasteiger charge is -2.13. The third kappa shape index (κ3) is 4.78. The summed E-state index contributed by atoms with van der Waals surface area (Å²) in [6.07, 6.45) is 7.30. The molecule has 1 amide bonds. The van der Waals surface area contributed by atoms with Gasteiger partial charge in [0, 0.05) is 12.2 Å². The Bertz CT molecular complexity index is 668. The lowest BCUT2D eigenvalue weighted by atomic mass is 10.1. The third-order valence-electron chi connectivity index (χ3n) is 3.94. The first-order chi connectivity index (χ1) is 11.7. The number of anilines is 2. The minimum absolute atomic E-state index is 0.171. The summed E-state index contributed by atoms with van der Waals surface area (Å²) in [5, 5.41) is 6.18. The highest BCUT2D eigenvalue weighted by Crippen LogP contribution is 2.24. The van der Waals surface area contributed by atoms with Crippen LogP contribution in [-0.4, -0.2) is 22.4 Å². The molecule has 24 heavy (non-hydrogen) atoms. The van der Waals surface area contributed by atoms with E-state index in [0.717, 1.165) is 36.9 Å². The molecule has 0 saturated carbocycles. The van der Waals surface area contributed by atoms with Crippen LogP contribution in [0.25, 0.3) is 0 Å². The Morgan fingerprint density at radius 2 is 1.96 bits per heavy atom. The van der Waals surface area contributed by atoms with Crippen molar-refractivity contribution in [2.24, 2.45) is 0 Å². The second-order valence-corrected chi connectivity index (χ2v) is 5.84. The second-order valence-electron chi connectivity index (χ2n) is 5.84. The highest BCUT2D eigenvalue weighted by molar-refractivity contribution is 5.92. The van der Waals surface area contributed by atoms with Crippen molar-refractivity contribution in [2.45, 2.75) is 46.5 Å². The van der Waals surface area contributed by atoms with Crippen molar-refractivity contribution in [1.29, 1.82) is 0 Å². The van der Waals surface area contributed by atoms with Gasteiger partial charge in [0.1, 0.15) is 11.5 Å². The van der Waals surface area contributed by atoms with Crippen molar-refractivity contribution >= 4 is 17.4 Å². The SMILES string of the molecule is CCCCCNC(=O)c1cnc(Nc2c(C)cccc2CC)cn1. The molecule has 0 saturated heterocycles. The highest BCUT2D eigenvalue weighted by atomic mass is 16.1. The predicted octanol–water partition coefficient (Wildman–Crippen LogP) is 4.01. The fraction of sp³-hybridized carbons (Fsp3) is 0.421. The molecule has 0 atom stereocenters. The average molecular weight is 326 g/mol. The Labute approximate surface area is 143 Å². The largest absolute Gasteiger partial charge is 0.351 e. The summed E-state index contributed by atoms with van der Waals surface area (Å²) in [6.45, 7) is 7.00. The molecule has 0 bridgehead atoms. The van der Waals surface area contributed by atoms with Crippen LogP contribution in [0.2, 0.25) is 0 Å². The number of hydrogen-bond acceptors (Lipinski definition) is 4. The topological polar surface area (TPSA) is 66.9 Å². The molecule has 1 aromatic heterocycles. The number of nitrogens with one attached hydrogen (secondary N) is 2. The number of para-hydroxylation sites is 1. The van der Waals surface area contributed by atoms with Crippen LogP contribution < -0.4 is 10.6 Å². The minimum atomic E-state index is -0.171. The molecule has 2 aromatic rings. The van der Waals surface area contributed by atoms with E-state index in [1.54, 1.807) is 6.20 Å². The normalized spacial score (nSPS) is 10.5. The third-order valence-corrected chi connectivity index (χ3v) is 3.94. The van der Waals surface area contributed by atoms with E-state index in [-0.39, 0.29) is 5.91 Å². The number of unbranched alkanes of at least 4 members (excludes halogenated alkanes) is 2. The van der Waals surface area contributed by atoms with Gasteiger partial charge in [-0.05, 0) is 30.9 Å². The number of aromatic nitrogens is 2. The van der Waals surface area contributed by atoms with Crippen LogP contribution in [0.15, 0.2) is 30.6 Å². The van der Waals surface area contributed by atoms with Crippen LogP contribution in [0, 0.1) is 6.92 Å². The Kier molecular flexibility index (Phi) is 6.73. The molecule has 1 heterocycles. The van der Waals surface area contributed by atoms with E-state index in [9.17, 15) is 4.79 Å². The summed E-state index contributed by atoms with van der Waals surface area (Å²) in [5.41, 5.74) is 3.80. The molecule has 0 fully saturated rings. The van der Waals surface area contributed by atoms with Crippen molar-refractivity contribution in [3.63, 3.8) is 0 Å². The van der Waals surface area contributed by atoms with Gasteiger partial charge in [-0.2, -0.15) is 0 Å². The van der Waals surface area contributed by atoms with Gasteiger partial charge in [0.15, 0.2) is 0 Å². The van der Waals surface area contributed by atoms with E-state index in [1.807, 2.05) is 0 Å². The number of aryl methyl sites for hydroxylation is 2. The van der Waals surface area contributed by atoms with E-state index in [4.69, 9.17) is 0 Å². The van der Waals surface area contributed by atoms with Crippen LogP contribution >= 0.6 is 0 Å². The summed E-state index contributed by atoms with van der Waals surface area (Å²) in [6, 6.07) is 6.21. The first-order valence-electron chi connectivity index (χ1n) is 8.61. The summed E-state index contributed by atoms with van der Waals surface area (Å²) < 4.78 is 0. The molecule has 0 aliphatic carbocycles. The van der Waals surface area contributed by atoms with Gasteiger partial charge >= 0.3 is 0 Å². The molecule has 5 nitrogen and oxygen atoms in total. The van der Waals surface area contributed by atoms with Gasteiger partial charge in [0.2, 0.25) is 0 Å². The first kappa shape index (κ1) is 17.9. The number of carbonyl (C=O) groups excluding carboxylic acids is 1. The summed E-state index contributed by atoms with van der Waals surface area (Å²) in [5.74, 6) is 0.469. The van der Waals surface area contributed by atoms with Crippen LogP contribution in [0.1, 0.15) is 54.7 Å². The van der Waals surface area contributed by atoms with Crippen molar-refractivity contribution in [2.75, 3.05) is 11.9 Å². The molecule has 128 valence electrons. The Morgan fingerprint density at radius 3 is 2.62 bits per heavy atom. The summed E-state index contributed by atoms with van der Waals surface area (Å²) >= 11 is 0. The molecule has 5 heteroatoms. The molecule has 0 radical (unpaired) electrons. The van der Waals surface area contributed by atoms with E-state index in [1.165, 1.54) is 11.8 Å². The van der Waals surface area contributed by atoms with Crippen LogP contribution in [0.3, 0.4) is 0 Å². The van der Waals surface area contributed by atoms with Gasteiger partial charge in [-0.3, -0.25) is 4.79 Å². The summed E-state index contributed by atoms with van der Waals surface area (Å²) in [4.78, 5) is 20.5. The summed E-state index contributed by atoms with van der Waals surface area (Å²) in [7, 11) is 0. The van der Waals surface area contributed by atoms with Crippen LogP contribution in [0.5, 0.6) is 0 Å². The van der Waals surface area contributed by atoms with Gasteiger partial charge in [-0.15, -0.1) is 0 Å². The maximum absolute atomic E-state index is 12.0. The highest BCUT2D eigenvalue weighted by Gasteiger charge is 2.09. The Morgan fingerprint density at radius 1 is 1.12 bits per heavy atom. The average Bonchev–Trinajstić information content (AvgIpc) is 2.61. The van der Waals surface area contributed by atoms with Crippen LogP contribution in [-0.2, 0) is 6.42 Å². The van der Waals surface area contributed by atoms with Gasteiger partial charge < -0.3 is 10.6 Å². The molecule has 1 aromatic carbocycles. The molecule has 2 rings (SSSR count). The fourth-order valence-electron chi connectivity index (χ4n) is 2.51. The zero-order valence-corrected chi connectivity index (χ0v) is 14.7. The van der Waals surface area contributed by atoms with E-state index < -0.39 is 0 Å². The number of rotatable bonds is 8. The van der Waals surface area contributed by atoms with Crippen molar-refractivity contribution in [1.82, 2.24) is 15.3 Å². The fourth-order valence-corrected chi connectivity index (χ4v) is 2.51. The Hall–Kier alpha value is -2.43. The molecular weight excluding hydrogens is 300 g/mol. The van der Waals surface area contributed by atoms with Gasteiger partial charge in [-0.1, -0.05) is 44.9 Å². The maximum atomic E-state index is 12.0. The quantitative estimate of drug-likeness (QED) is 0.719. The molecule has 0 unspecified atom stereocenters. The minimum Gasteiger partial charge on any atom is -0.351 e. The number of carbonyl (C=O) groups is 1. The Balaban J connectivity index is 2.01. The van der Waals surface area contributed by atoms with Gasteiger partial charge in [0.05, 0.1) is 12.4 Å². The van der Waals surface area contributed by atoms with Crippen molar-refractivity contribution < 1.29 is 4.79 Å². The van der Waals surface area contributed by atoms with Gasteiger partial charge in [0.25, 0.3) is 5.91 Å².